The first kappa shape index (κ1) is 11.0. The van der Waals surface area contributed by atoms with Gasteiger partial charge in [-0.2, -0.15) is 0 Å². The first-order chi connectivity index (χ1) is 7.18. The van der Waals surface area contributed by atoms with Gasteiger partial charge in [0.15, 0.2) is 0 Å². The maximum atomic E-state index is 13.6. The van der Waals surface area contributed by atoms with Crippen LogP contribution in [0.2, 0.25) is 0 Å². The van der Waals surface area contributed by atoms with E-state index in [9.17, 15) is 8.78 Å². The number of nitrogens with one attached hydrogen (secondary N) is 1. The van der Waals surface area contributed by atoms with Crippen LogP contribution >= 0.6 is 15.9 Å². The summed E-state index contributed by atoms with van der Waals surface area (Å²) in [4.78, 5) is 0. The molecule has 0 aliphatic carbocycles. The Morgan fingerprint density at radius 1 is 1.27 bits per heavy atom. The minimum atomic E-state index is -0.449. The standard InChI is InChI=1S/C11H12BrF2N/c12-8-4-9(13)11(10(14)5-8)7-2-1-3-15-6-7/h4-5,7,15H,1-3,6H2/t7-/m0/s1. The van der Waals surface area contributed by atoms with Crippen LogP contribution in [0.25, 0.3) is 0 Å². The first-order valence-corrected chi connectivity index (χ1v) is 5.83. The number of piperidine rings is 1. The number of rotatable bonds is 1. The van der Waals surface area contributed by atoms with Gasteiger partial charge in [-0.1, -0.05) is 15.9 Å². The van der Waals surface area contributed by atoms with Crippen LogP contribution in [0.4, 0.5) is 8.78 Å². The topological polar surface area (TPSA) is 12.0 Å². The van der Waals surface area contributed by atoms with Gasteiger partial charge in [0.2, 0.25) is 0 Å². The van der Waals surface area contributed by atoms with Crippen molar-refractivity contribution in [1.29, 1.82) is 0 Å². The zero-order chi connectivity index (χ0) is 10.8. The highest BCUT2D eigenvalue weighted by molar-refractivity contribution is 9.10. The SMILES string of the molecule is Fc1cc(Br)cc(F)c1[C@H]1CCCNC1. The van der Waals surface area contributed by atoms with Crippen LogP contribution in [0, 0.1) is 11.6 Å². The Balaban J connectivity index is 2.33. The largest absolute Gasteiger partial charge is 0.316 e. The summed E-state index contributed by atoms with van der Waals surface area (Å²) in [6.07, 6.45) is 1.82. The molecule has 2 rings (SSSR count). The van der Waals surface area contributed by atoms with Crippen LogP contribution in [-0.4, -0.2) is 13.1 Å². The third kappa shape index (κ3) is 2.37. The smallest absolute Gasteiger partial charge is 0.130 e. The fourth-order valence-corrected chi connectivity index (χ4v) is 2.44. The lowest BCUT2D eigenvalue weighted by atomic mass is 9.91. The second-order valence-electron chi connectivity index (χ2n) is 3.83. The van der Waals surface area contributed by atoms with Crippen LogP contribution in [0.15, 0.2) is 16.6 Å². The summed E-state index contributed by atoms with van der Waals surface area (Å²) < 4.78 is 27.6. The monoisotopic (exact) mass is 275 g/mol. The van der Waals surface area contributed by atoms with Crippen LogP contribution in [-0.2, 0) is 0 Å². The predicted octanol–water partition coefficient (Wildman–Crippen LogP) is 3.19. The molecule has 1 aromatic carbocycles. The van der Waals surface area contributed by atoms with E-state index in [2.05, 4.69) is 21.2 Å². The van der Waals surface area contributed by atoms with Crippen molar-refractivity contribution in [3.8, 4) is 0 Å². The van der Waals surface area contributed by atoms with Crippen molar-refractivity contribution in [1.82, 2.24) is 5.32 Å². The van der Waals surface area contributed by atoms with E-state index in [1.54, 1.807) is 0 Å². The third-order valence-electron chi connectivity index (χ3n) is 2.75. The summed E-state index contributed by atoms with van der Waals surface area (Å²) in [7, 11) is 0. The van der Waals surface area contributed by atoms with Gasteiger partial charge in [-0.15, -0.1) is 0 Å². The van der Waals surface area contributed by atoms with Gasteiger partial charge in [0.25, 0.3) is 0 Å². The summed E-state index contributed by atoms with van der Waals surface area (Å²) >= 11 is 3.08. The maximum absolute atomic E-state index is 13.6. The molecule has 0 bridgehead atoms. The normalized spacial score (nSPS) is 21.7. The van der Waals surface area contributed by atoms with Crippen molar-refractivity contribution < 1.29 is 8.78 Å². The second-order valence-corrected chi connectivity index (χ2v) is 4.74. The molecule has 1 saturated heterocycles. The zero-order valence-electron chi connectivity index (χ0n) is 8.19. The van der Waals surface area contributed by atoms with Crippen molar-refractivity contribution >= 4 is 15.9 Å². The molecular weight excluding hydrogens is 264 g/mol. The molecule has 1 N–H and O–H groups in total. The summed E-state index contributed by atoms with van der Waals surface area (Å²) in [6, 6.07) is 2.65. The molecule has 1 aliphatic rings. The minimum absolute atomic E-state index is 0.0353. The van der Waals surface area contributed by atoms with E-state index in [1.807, 2.05) is 0 Å². The van der Waals surface area contributed by atoms with Crippen molar-refractivity contribution in [3.05, 3.63) is 33.8 Å². The Hall–Kier alpha value is -0.480. The molecule has 1 heterocycles. The summed E-state index contributed by atoms with van der Waals surface area (Å²) in [5.74, 6) is -0.932. The molecule has 0 radical (unpaired) electrons. The Bertz CT molecular complexity index is 339. The lowest BCUT2D eigenvalue weighted by Crippen LogP contribution is -2.29. The highest BCUT2D eigenvalue weighted by Gasteiger charge is 2.22. The van der Waals surface area contributed by atoms with Gasteiger partial charge in [0.1, 0.15) is 11.6 Å². The molecule has 82 valence electrons. The van der Waals surface area contributed by atoms with Gasteiger partial charge in [0.05, 0.1) is 0 Å². The Morgan fingerprint density at radius 3 is 2.47 bits per heavy atom. The molecular formula is C11H12BrF2N. The number of hydrogen-bond donors (Lipinski definition) is 1. The van der Waals surface area contributed by atoms with Crippen molar-refractivity contribution in [3.63, 3.8) is 0 Å². The van der Waals surface area contributed by atoms with Crippen LogP contribution in [0.1, 0.15) is 24.3 Å². The van der Waals surface area contributed by atoms with E-state index in [4.69, 9.17) is 0 Å². The summed E-state index contributed by atoms with van der Waals surface area (Å²) in [6.45, 7) is 1.60. The van der Waals surface area contributed by atoms with Gasteiger partial charge in [-0.05, 0) is 31.5 Å². The first-order valence-electron chi connectivity index (χ1n) is 5.03. The van der Waals surface area contributed by atoms with Crippen LogP contribution in [0.5, 0.6) is 0 Å². The molecule has 1 nitrogen and oxygen atoms in total. The van der Waals surface area contributed by atoms with Crippen molar-refractivity contribution in [2.75, 3.05) is 13.1 Å². The Morgan fingerprint density at radius 2 is 1.93 bits per heavy atom. The molecule has 1 aliphatic heterocycles. The van der Waals surface area contributed by atoms with E-state index >= 15 is 0 Å². The van der Waals surface area contributed by atoms with E-state index in [-0.39, 0.29) is 11.5 Å². The Kier molecular flexibility index (Phi) is 3.36. The number of benzene rings is 1. The fourth-order valence-electron chi connectivity index (χ4n) is 2.04. The maximum Gasteiger partial charge on any atom is 0.130 e. The molecule has 0 amide bonds. The quantitative estimate of drug-likeness (QED) is 0.830. The van der Waals surface area contributed by atoms with Crippen LogP contribution in [0.3, 0.4) is 0 Å². The van der Waals surface area contributed by atoms with E-state index in [0.29, 0.717) is 11.0 Å². The van der Waals surface area contributed by atoms with Crippen LogP contribution < -0.4 is 5.32 Å². The van der Waals surface area contributed by atoms with Gasteiger partial charge in [-0.25, -0.2) is 8.78 Å². The zero-order valence-corrected chi connectivity index (χ0v) is 9.78. The van der Waals surface area contributed by atoms with Gasteiger partial charge in [-0.3, -0.25) is 0 Å². The van der Waals surface area contributed by atoms with E-state index in [0.717, 1.165) is 19.4 Å². The number of halogens is 3. The molecule has 1 atom stereocenters. The average molecular weight is 276 g/mol. The number of hydrogen-bond acceptors (Lipinski definition) is 1. The molecule has 15 heavy (non-hydrogen) atoms. The van der Waals surface area contributed by atoms with Crippen molar-refractivity contribution in [2.24, 2.45) is 0 Å². The predicted molar refractivity (Wildman–Crippen MR) is 58.9 cm³/mol. The molecule has 4 heteroatoms. The lowest BCUT2D eigenvalue weighted by Gasteiger charge is -2.23. The average Bonchev–Trinajstić information content (AvgIpc) is 2.17. The van der Waals surface area contributed by atoms with E-state index in [1.165, 1.54) is 12.1 Å². The van der Waals surface area contributed by atoms with Gasteiger partial charge in [0, 0.05) is 22.5 Å². The molecule has 0 unspecified atom stereocenters. The molecule has 0 saturated carbocycles. The fraction of sp³-hybridized carbons (Fsp3) is 0.455. The molecule has 0 spiro atoms. The van der Waals surface area contributed by atoms with Crippen molar-refractivity contribution in [2.45, 2.75) is 18.8 Å². The van der Waals surface area contributed by atoms with Gasteiger partial charge >= 0.3 is 0 Å². The Labute approximate surface area is 96.0 Å². The third-order valence-corrected chi connectivity index (χ3v) is 3.21. The van der Waals surface area contributed by atoms with Gasteiger partial charge < -0.3 is 5.32 Å². The van der Waals surface area contributed by atoms with E-state index < -0.39 is 11.6 Å². The second kappa shape index (κ2) is 4.58. The summed E-state index contributed by atoms with van der Waals surface area (Å²) in [5, 5.41) is 3.16. The molecule has 1 aromatic rings. The molecule has 1 fully saturated rings. The highest BCUT2D eigenvalue weighted by atomic mass is 79.9. The highest BCUT2D eigenvalue weighted by Crippen LogP contribution is 2.30. The minimum Gasteiger partial charge on any atom is -0.316 e. The summed E-state index contributed by atoms with van der Waals surface area (Å²) in [5.41, 5.74) is 0.227. The molecule has 0 aromatic heterocycles. The lowest BCUT2D eigenvalue weighted by molar-refractivity contribution is 0.428.